The zero-order chi connectivity index (χ0) is 10.1. The van der Waals surface area contributed by atoms with Crippen LogP contribution in [0.2, 0.25) is 0 Å². The van der Waals surface area contributed by atoms with Gasteiger partial charge in [-0.1, -0.05) is 18.2 Å². The van der Waals surface area contributed by atoms with Crippen LogP contribution in [0.15, 0.2) is 24.3 Å². The van der Waals surface area contributed by atoms with Gasteiger partial charge in [0.25, 0.3) is 0 Å². The zero-order valence-corrected chi connectivity index (χ0v) is 9.30. The lowest BCUT2D eigenvalue weighted by molar-refractivity contribution is -0.131. The smallest absolute Gasteiger partial charge is 0.328 e. The van der Waals surface area contributed by atoms with Crippen LogP contribution in [0.25, 0.3) is 5.57 Å². The minimum absolute atomic E-state index is 0. The molecule has 0 saturated carbocycles. The summed E-state index contributed by atoms with van der Waals surface area (Å²) in [6, 6.07) is 6.06. The Morgan fingerprint density at radius 3 is 2.80 bits per heavy atom. The monoisotopic (exact) mass is 224 g/mol. The minimum atomic E-state index is -0.852. The molecule has 0 aromatic heterocycles. The van der Waals surface area contributed by atoms with Crippen LogP contribution in [0.5, 0.6) is 0 Å². The zero-order valence-electron chi connectivity index (χ0n) is 8.49. The van der Waals surface area contributed by atoms with Crippen molar-refractivity contribution in [1.29, 1.82) is 0 Å². The predicted molar refractivity (Wildman–Crippen MR) is 62.4 cm³/mol. The Labute approximate surface area is 95.0 Å². The van der Waals surface area contributed by atoms with E-state index in [1.807, 2.05) is 12.1 Å². The van der Waals surface area contributed by atoms with Gasteiger partial charge in [-0.2, -0.15) is 0 Å². The third-order valence-corrected chi connectivity index (χ3v) is 2.70. The van der Waals surface area contributed by atoms with Gasteiger partial charge in [-0.05, 0) is 42.0 Å². The number of benzene rings is 1. The van der Waals surface area contributed by atoms with Crippen molar-refractivity contribution in [2.45, 2.75) is 19.8 Å². The molecule has 0 atom stereocenters. The number of halogens is 1. The predicted octanol–water partition coefficient (Wildman–Crippen LogP) is 2.83. The van der Waals surface area contributed by atoms with Crippen LogP contribution >= 0.6 is 12.4 Å². The lowest BCUT2D eigenvalue weighted by Gasteiger charge is -2.02. The highest BCUT2D eigenvalue weighted by Gasteiger charge is 2.17. The van der Waals surface area contributed by atoms with E-state index in [4.69, 9.17) is 5.11 Å². The Bertz CT molecular complexity index is 422. The lowest BCUT2D eigenvalue weighted by atomic mass is 10.0. The van der Waals surface area contributed by atoms with Gasteiger partial charge in [-0.25, -0.2) is 4.79 Å². The topological polar surface area (TPSA) is 37.3 Å². The second-order valence-electron chi connectivity index (χ2n) is 3.61. The first-order chi connectivity index (χ1) is 6.68. The SMILES string of the molecule is Cc1cccc2c1CCC2=CC(=O)O.Cl. The van der Waals surface area contributed by atoms with E-state index in [-0.39, 0.29) is 12.4 Å². The second kappa shape index (κ2) is 4.49. The Hall–Kier alpha value is -1.28. The second-order valence-corrected chi connectivity index (χ2v) is 3.61. The number of carboxylic acid groups (broad SMARTS) is 1. The van der Waals surface area contributed by atoms with Crippen molar-refractivity contribution in [3.05, 3.63) is 41.0 Å². The summed E-state index contributed by atoms with van der Waals surface area (Å²) >= 11 is 0. The van der Waals surface area contributed by atoms with E-state index in [9.17, 15) is 4.79 Å². The molecule has 1 aromatic carbocycles. The molecule has 2 rings (SSSR count). The average molecular weight is 225 g/mol. The maximum atomic E-state index is 10.6. The van der Waals surface area contributed by atoms with Crippen molar-refractivity contribution >= 4 is 23.9 Å². The Morgan fingerprint density at radius 1 is 1.40 bits per heavy atom. The molecule has 80 valence electrons. The van der Waals surface area contributed by atoms with Gasteiger partial charge < -0.3 is 5.11 Å². The molecule has 15 heavy (non-hydrogen) atoms. The van der Waals surface area contributed by atoms with Crippen LogP contribution in [0.3, 0.4) is 0 Å². The van der Waals surface area contributed by atoms with Crippen molar-refractivity contribution in [2.24, 2.45) is 0 Å². The van der Waals surface area contributed by atoms with E-state index in [1.54, 1.807) is 0 Å². The number of fused-ring (bicyclic) bond motifs is 1. The molecule has 0 saturated heterocycles. The molecule has 0 spiro atoms. The molecule has 0 radical (unpaired) electrons. The first kappa shape index (κ1) is 11.8. The van der Waals surface area contributed by atoms with Crippen molar-refractivity contribution in [3.8, 4) is 0 Å². The maximum absolute atomic E-state index is 10.6. The molecular weight excluding hydrogens is 212 g/mol. The van der Waals surface area contributed by atoms with E-state index in [2.05, 4.69) is 13.0 Å². The number of aryl methyl sites for hydroxylation is 1. The number of rotatable bonds is 1. The average Bonchev–Trinajstić information content (AvgIpc) is 2.49. The first-order valence-corrected chi connectivity index (χ1v) is 4.71. The van der Waals surface area contributed by atoms with Gasteiger partial charge in [-0.3, -0.25) is 0 Å². The van der Waals surface area contributed by atoms with Gasteiger partial charge in [0.1, 0.15) is 0 Å². The van der Waals surface area contributed by atoms with Crippen LogP contribution < -0.4 is 0 Å². The molecular formula is C12H13ClO2. The number of hydrogen-bond donors (Lipinski definition) is 1. The quantitative estimate of drug-likeness (QED) is 0.745. The number of carbonyl (C=O) groups is 1. The highest BCUT2D eigenvalue weighted by molar-refractivity contribution is 5.91. The summed E-state index contributed by atoms with van der Waals surface area (Å²) in [5.74, 6) is -0.852. The summed E-state index contributed by atoms with van der Waals surface area (Å²) in [5.41, 5.74) is 4.64. The molecule has 3 heteroatoms. The molecule has 0 heterocycles. The van der Waals surface area contributed by atoms with Crippen molar-refractivity contribution < 1.29 is 9.90 Å². The summed E-state index contributed by atoms with van der Waals surface area (Å²) in [4.78, 5) is 10.6. The van der Waals surface area contributed by atoms with Crippen LogP contribution in [0.1, 0.15) is 23.1 Å². The number of carboxylic acids is 1. The third kappa shape index (κ3) is 2.21. The van der Waals surface area contributed by atoms with Gasteiger partial charge in [0.15, 0.2) is 0 Å². The Morgan fingerprint density at radius 2 is 2.13 bits per heavy atom. The molecule has 0 bridgehead atoms. The van der Waals surface area contributed by atoms with Crippen molar-refractivity contribution in [2.75, 3.05) is 0 Å². The molecule has 1 aliphatic rings. The van der Waals surface area contributed by atoms with Gasteiger partial charge in [0.2, 0.25) is 0 Å². The number of aliphatic carboxylic acids is 1. The maximum Gasteiger partial charge on any atom is 0.328 e. The van der Waals surface area contributed by atoms with E-state index in [0.29, 0.717) is 0 Å². The minimum Gasteiger partial charge on any atom is -0.478 e. The Kier molecular flexibility index (Phi) is 3.53. The van der Waals surface area contributed by atoms with E-state index >= 15 is 0 Å². The van der Waals surface area contributed by atoms with Crippen molar-refractivity contribution in [3.63, 3.8) is 0 Å². The van der Waals surface area contributed by atoms with Crippen LogP contribution in [-0.2, 0) is 11.2 Å². The molecule has 0 aliphatic heterocycles. The third-order valence-electron chi connectivity index (χ3n) is 2.70. The molecule has 2 nitrogen and oxygen atoms in total. The summed E-state index contributed by atoms with van der Waals surface area (Å²) in [5, 5.41) is 8.69. The number of allylic oxidation sites excluding steroid dienone is 1. The summed E-state index contributed by atoms with van der Waals surface area (Å²) < 4.78 is 0. The highest BCUT2D eigenvalue weighted by Crippen LogP contribution is 2.33. The standard InChI is InChI=1S/C12H12O2.ClH/c1-8-3-2-4-11-9(7-12(13)14)5-6-10(8)11;/h2-4,7H,5-6H2,1H3,(H,13,14);1H. The first-order valence-electron chi connectivity index (χ1n) is 4.71. The van der Waals surface area contributed by atoms with E-state index in [1.165, 1.54) is 17.2 Å². The fourth-order valence-corrected chi connectivity index (χ4v) is 2.03. The van der Waals surface area contributed by atoms with Gasteiger partial charge in [0, 0.05) is 6.08 Å². The summed E-state index contributed by atoms with van der Waals surface area (Å²) in [6.07, 6.45) is 3.15. The van der Waals surface area contributed by atoms with Crippen LogP contribution in [0.4, 0.5) is 0 Å². The molecule has 0 fully saturated rings. The largest absolute Gasteiger partial charge is 0.478 e. The van der Waals surface area contributed by atoms with Crippen molar-refractivity contribution in [1.82, 2.24) is 0 Å². The molecule has 0 amide bonds. The van der Waals surface area contributed by atoms with E-state index in [0.717, 1.165) is 24.0 Å². The fraction of sp³-hybridized carbons (Fsp3) is 0.250. The molecule has 1 aromatic rings. The molecule has 1 N–H and O–H groups in total. The number of hydrogen-bond acceptors (Lipinski definition) is 1. The van der Waals surface area contributed by atoms with Crippen LogP contribution in [0, 0.1) is 6.92 Å². The van der Waals surface area contributed by atoms with Crippen LogP contribution in [-0.4, -0.2) is 11.1 Å². The normalized spacial score (nSPS) is 15.9. The van der Waals surface area contributed by atoms with Gasteiger partial charge >= 0.3 is 5.97 Å². The summed E-state index contributed by atoms with van der Waals surface area (Å²) in [6.45, 7) is 2.07. The summed E-state index contributed by atoms with van der Waals surface area (Å²) in [7, 11) is 0. The molecule has 0 unspecified atom stereocenters. The Balaban J connectivity index is 0.00000112. The van der Waals surface area contributed by atoms with Gasteiger partial charge in [0.05, 0.1) is 0 Å². The lowest BCUT2D eigenvalue weighted by Crippen LogP contribution is -1.90. The molecule has 1 aliphatic carbocycles. The highest BCUT2D eigenvalue weighted by atomic mass is 35.5. The van der Waals surface area contributed by atoms with E-state index < -0.39 is 5.97 Å². The van der Waals surface area contributed by atoms with Gasteiger partial charge in [-0.15, -0.1) is 12.4 Å². The fourth-order valence-electron chi connectivity index (χ4n) is 2.03.